The average molecular weight is 319 g/mol. The summed E-state index contributed by atoms with van der Waals surface area (Å²) >= 11 is -1.53. The van der Waals surface area contributed by atoms with E-state index >= 15 is 0 Å². The van der Waals surface area contributed by atoms with Gasteiger partial charge < -0.3 is 0 Å². The maximum absolute atomic E-state index is 2.49. The van der Waals surface area contributed by atoms with E-state index in [2.05, 4.69) is 77.1 Å². The van der Waals surface area contributed by atoms with Gasteiger partial charge in [0, 0.05) is 0 Å². The van der Waals surface area contributed by atoms with Gasteiger partial charge in [-0.15, -0.1) is 0 Å². The summed E-state index contributed by atoms with van der Waals surface area (Å²) in [5.74, 6) is 0. The molecule has 0 N–H and O–H groups in total. The Bertz CT molecular complexity index is 377. The molecule has 0 aliphatic carbocycles. The third kappa shape index (κ3) is 4.52. The molecule has 1 heteroatoms. The van der Waals surface area contributed by atoms with Gasteiger partial charge in [-0.3, -0.25) is 0 Å². The van der Waals surface area contributed by atoms with Crippen LogP contribution in [0.1, 0.15) is 40.2 Å². The van der Waals surface area contributed by atoms with E-state index in [0.29, 0.717) is 0 Å². The summed E-state index contributed by atoms with van der Waals surface area (Å²) in [5, 5.41) is 5.77. The van der Waals surface area contributed by atoms with Crippen LogP contribution >= 0.6 is 0 Å². The Balaban J connectivity index is 2.76. The Morgan fingerprint density at radius 2 is 1.47 bits per heavy atom. The third-order valence-electron chi connectivity index (χ3n) is 4.85. The van der Waals surface area contributed by atoms with Crippen molar-refractivity contribution < 1.29 is 0 Å². The molecule has 0 bridgehead atoms. The van der Waals surface area contributed by atoms with Crippen LogP contribution in [0.25, 0.3) is 0 Å². The van der Waals surface area contributed by atoms with E-state index in [4.69, 9.17) is 0 Å². The van der Waals surface area contributed by atoms with Gasteiger partial charge in [0.25, 0.3) is 0 Å². The quantitative estimate of drug-likeness (QED) is 0.425. The van der Waals surface area contributed by atoms with E-state index in [1.54, 1.807) is 0 Å². The summed E-state index contributed by atoms with van der Waals surface area (Å²) in [6, 6.07) is 10.8. The molecule has 0 radical (unpaired) electrons. The van der Waals surface area contributed by atoms with Gasteiger partial charge in [-0.2, -0.15) is 0 Å². The second-order valence-corrected chi connectivity index (χ2v) is 17.9. The van der Waals surface area contributed by atoms with Crippen molar-refractivity contribution >= 4 is 13.3 Å². The fourth-order valence-corrected chi connectivity index (χ4v) is 9.01. The first kappa shape index (κ1) is 16.6. The van der Waals surface area contributed by atoms with Gasteiger partial charge in [-0.25, -0.2) is 0 Å². The van der Waals surface area contributed by atoms with Crippen molar-refractivity contribution in [3.63, 3.8) is 0 Å². The van der Waals surface area contributed by atoms with E-state index in [1.165, 1.54) is 26.6 Å². The molecule has 0 nitrogen and oxygen atoms in total. The molecule has 0 aromatic heterocycles. The van der Waals surface area contributed by atoms with Gasteiger partial charge in [-0.05, 0) is 0 Å². The summed E-state index contributed by atoms with van der Waals surface area (Å²) < 4.78 is 0. The van der Waals surface area contributed by atoms with Crippen molar-refractivity contribution in [3.05, 3.63) is 48.0 Å². The van der Waals surface area contributed by atoms with Gasteiger partial charge in [-0.1, -0.05) is 0 Å². The first-order chi connectivity index (χ1) is 8.99. The zero-order valence-electron chi connectivity index (χ0n) is 13.4. The first-order valence-corrected chi connectivity index (χ1v) is 13.7. The molecule has 0 unspecified atom stereocenters. The molecule has 0 aliphatic rings. The molecule has 0 spiro atoms. The van der Waals surface area contributed by atoms with Crippen LogP contribution in [0.15, 0.2) is 42.5 Å². The van der Waals surface area contributed by atoms with E-state index < -0.39 is 13.3 Å². The predicted molar refractivity (Wildman–Crippen MR) is 90.6 cm³/mol. The Kier molecular flexibility index (Phi) is 6.39. The molecule has 19 heavy (non-hydrogen) atoms. The SMILES string of the molecule is C[CH2][Ge]([CH2]C)([CH2]C)[CH2]C=CC(C)(C)c1ccccc1. The van der Waals surface area contributed by atoms with Crippen LogP contribution in [-0.4, -0.2) is 13.3 Å². The van der Waals surface area contributed by atoms with Crippen molar-refractivity contribution in [3.8, 4) is 0 Å². The molecule has 0 fully saturated rings. The van der Waals surface area contributed by atoms with Gasteiger partial charge in [0.15, 0.2) is 0 Å². The summed E-state index contributed by atoms with van der Waals surface area (Å²) in [6.45, 7) is 11.9. The monoisotopic (exact) mass is 320 g/mol. The fourth-order valence-electron chi connectivity index (χ4n) is 2.75. The van der Waals surface area contributed by atoms with Gasteiger partial charge in [0.1, 0.15) is 0 Å². The van der Waals surface area contributed by atoms with Crippen LogP contribution in [-0.2, 0) is 5.41 Å². The molecular formula is C18H30Ge. The second-order valence-electron chi connectivity index (χ2n) is 6.25. The molecule has 0 saturated heterocycles. The van der Waals surface area contributed by atoms with Crippen LogP contribution in [0.2, 0.25) is 21.0 Å². The minimum absolute atomic E-state index is 0.157. The van der Waals surface area contributed by atoms with Crippen LogP contribution in [0.3, 0.4) is 0 Å². The van der Waals surface area contributed by atoms with Gasteiger partial charge >= 0.3 is 122 Å². The standard InChI is InChI=1S/C18H30Ge/c1-6-19(7-2,8-3)16-12-15-18(4,5)17-13-10-9-11-14-17/h9-15H,6-8,16H2,1-5H3. The Labute approximate surface area is 122 Å². The van der Waals surface area contributed by atoms with Crippen molar-refractivity contribution in [1.82, 2.24) is 0 Å². The number of benzene rings is 1. The van der Waals surface area contributed by atoms with Crippen LogP contribution in [0, 0.1) is 0 Å². The summed E-state index contributed by atoms with van der Waals surface area (Å²) in [4.78, 5) is 0. The van der Waals surface area contributed by atoms with Gasteiger partial charge in [0.05, 0.1) is 0 Å². The van der Waals surface area contributed by atoms with Crippen LogP contribution < -0.4 is 0 Å². The minimum atomic E-state index is -1.53. The van der Waals surface area contributed by atoms with Crippen molar-refractivity contribution in [2.75, 3.05) is 0 Å². The third-order valence-corrected chi connectivity index (χ3v) is 16.6. The van der Waals surface area contributed by atoms with E-state index in [9.17, 15) is 0 Å². The Morgan fingerprint density at radius 3 is 1.95 bits per heavy atom. The average Bonchev–Trinajstić information content (AvgIpc) is 2.45. The van der Waals surface area contributed by atoms with Crippen molar-refractivity contribution in [2.24, 2.45) is 0 Å². The zero-order valence-corrected chi connectivity index (χ0v) is 15.5. The topological polar surface area (TPSA) is 0 Å². The molecule has 106 valence electrons. The molecule has 0 aliphatic heterocycles. The molecule has 0 atom stereocenters. The first-order valence-electron chi connectivity index (χ1n) is 7.73. The Hall–Kier alpha value is -0.497. The van der Waals surface area contributed by atoms with E-state index in [-0.39, 0.29) is 5.41 Å². The molecule has 1 aromatic rings. The number of hydrogen-bond donors (Lipinski definition) is 0. The number of rotatable bonds is 7. The fraction of sp³-hybridized carbons (Fsp3) is 0.556. The molecule has 0 heterocycles. The second kappa shape index (κ2) is 7.33. The number of hydrogen-bond acceptors (Lipinski definition) is 0. The van der Waals surface area contributed by atoms with Gasteiger partial charge in [0.2, 0.25) is 0 Å². The normalized spacial score (nSPS) is 13.1. The van der Waals surface area contributed by atoms with E-state index in [1.807, 2.05) is 0 Å². The van der Waals surface area contributed by atoms with Crippen LogP contribution in [0.5, 0.6) is 0 Å². The molecule has 0 amide bonds. The molecule has 0 saturated carbocycles. The van der Waals surface area contributed by atoms with Crippen LogP contribution in [0.4, 0.5) is 0 Å². The molecule has 1 rings (SSSR count). The summed E-state index contributed by atoms with van der Waals surface area (Å²) in [6.07, 6.45) is 4.92. The Morgan fingerprint density at radius 1 is 0.947 bits per heavy atom. The van der Waals surface area contributed by atoms with Crippen molar-refractivity contribution in [1.29, 1.82) is 0 Å². The summed E-state index contributed by atoms with van der Waals surface area (Å²) in [7, 11) is 0. The molecular weight excluding hydrogens is 289 g/mol. The van der Waals surface area contributed by atoms with E-state index in [0.717, 1.165) is 0 Å². The maximum atomic E-state index is 2.49. The zero-order chi connectivity index (χ0) is 14.4. The molecule has 1 aromatic carbocycles. The number of allylic oxidation sites excluding steroid dienone is 2. The predicted octanol–water partition coefficient (Wildman–Crippen LogP) is 6.03. The van der Waals surface area contributed by atoms with Crippen molar-refractivity contribution in [2.45, 2.75) is 61.0 Å². The summed E-state index contributed by atoms with van der Waals surface area (Å²) in [5.41, 5.74) is 1.57.